The summed E-state index contributed by atoms with van der Waals surface area (Å²) in [6, 6.07) is 12.1. The molecule has 1 atom stereocenters. The summed E-state index contributed by atoms with van der Waals surface area (Å²) >= 11 is 0. The fourth-order valence-corrected chi connectivity index (χ4v) is 4.34. The summed E-state index contributed by atoms with van der Waals surface area (Å²) in [6.07, 6.45) is 1.64. The van der Waals surface area contributed by atoms with E-state index in [4.69, 9.17) is 9.26 Å². The summed E-state index contributed by atoms with van der Waals surface area (Å²) in [4.78, 5) is 25.1. The third-order valence-corrected chi connectivity index (χ3v) is 5.86. The maximum absolute atomic E-state index is 13.7. The summed E-state index contributed by atoms with van der Waals surface area (Å²) in [7, 11) is 0. The van der Waals surface area contributed by atoms with Gasteiger partial charge in [0.2, 0.25) is 5.91 Å². The van der Waals surface area contributed by atoms with E-state index in [2.05, 4.69) is 10.5 Å². The van der Waals surface area contributed by atoms with Crippen LogP contribution in [0.3, 0.4) is 0 Å². The molecule has 1 N–H and O–H groups in total. The molecule has 1 fully saturated rings. The summed E-state index contributed by atoms with van der Waals surface area (Å²) in [5.74, 6) is 0.216. The zero-order valence-corrected chi connectivity index (χ0v) is 17.6. The summed E-state index contributed by atoms with van der Waals surface area (Å²) < 4.78 is 24.8. The number of amides is 2. The molecule has 1 aliphatic carbocycles. The van der Waals surface area contributed by atoms with Crippen LogP contribution >= 0.6 is 0 Å². The number of rotatable bonds is 4. The Morgan fingerprint density at radius 2 is 2.12 bits per heavy atom. The number of ether oxygens (including phenoxy) is 1. The number of hydrogen-bond acceptors (Lipinski definition) is 5. The molecule has 0 radical (unpaired) electrons. The third kappa shape index (κ3) is 3.72. The highest BCUT2D eigenvalue weighted by atomic mass is 19.1. The first-order valence-electron chi connectivity index (χ1n) is 10.6. The minimum absolute atomic E-state index is 0.162. The highest BCUT2D eigenvalue weighted by Gasteiger charge is 2.33. The predicted octanol–water partition coefficient (Wildman–Crippen LogP) is 4.10. The third-order valence-electron chi connectivity index (χ3n) is 5.86. The van der Waals surface area contributed by atoms with Gasteiger partial charge < -0.3 is 14.6 Å². The lowest BCUT2D eigenvalue weighted by atomic mass is 10.00. The van der Waals surface area contributed by atoms with E-state index in [1.54, 1.807) is 11.0 Å². The Morgan fingerprint density at radius 3 is 2.94 bits per heavy atom. The van der Waals surface area contributed by atoms with Gasteiger partial charge in [0, 0.05) is 29.3 Å². The van der Waals surface area contributed by atoms with Gasteiger partial charge in [0.05, 0.1) is 13.1 Å². The maximum atomic E-state index is 13.7. The van der Waals surface area contributed by atoms with E-state index in [0.29, 0.717) is 23.6 Å². The number of cyclic esters (lactones) is 1. The number of nitrogens with one attached hydrogen (secondary N) is 1. The van der Waals surface area contributed by atoms with Crippen molar-refractivity contribution in [3.05, 3.63) is 59.4 Å². The van der Waals surface area contributed by atoms with Crippen molar-refractivity contribution in [1.29, 1.82) is 0 Å². The summed E-state index contributed by atoms with van der Waals surface area (Å²) in [5, 5.41) is 6.93. The zero-order chi connectivity index (χ0) is 22.2. The van der Waals surface area contributed by atoms with Crippen LogP contribution in [0.5, 0.6) is 0 Å². The van der Waals surface area contributed by atoms with Gasteiger partial charge in [-0.1, -0.05) is 17.3 Å². The molecule has 2 aliphatic rings. The Labute approximate surface area is 184 Å². The predicted molar refractivity (Wildman–Crippen MR) is 116 cm³/mol. The van der Waals surface area contributed by atoms with Gasteiger partial charge in [-0.05, 0) is 55.2 Å². The second-order valence-electron chi connectivity index (χ2n) is 8.10. The molecule has 1 unspecified atom stereocenters. The Balaban J connectivity index is 1.44. The largest absolute Gasteiger partial charge is 0.442 e. The van der Waals surface area contributed by atoms with E-state index in [-0.39, 0.29) is 24.4 Å². The van der Waals surface area contributed by atoms with Gasteiger partial charge in [-0.15, -0.1) is 0 Å². The zero-order valence-electron chi connectivity index (χ0n) is 17.6. The van der Waals surface area contributed by atoms with Gasteiger partial charge in [-0.25, -0.2) is 9.18 Å². The minimum Gasteiger partial charge on any atom is -0.442 e. The van der Waals surface area contributed by atoms with E-state index >= 15 is 0 Å². The quantitative estimate of drug-likeness (QED) is 0.667. The van der Waals surface area contributed by atoms with E-state index < -0.39 is 6.09 Å². The van der Waals surface area contributed by atoms with Crippen LogP contribution in [0.25, 0.3) is 22.6 Å². The molecule has 1 aromatic heterocycles. The van der Waals surface area contributed by atoms with Crippen molar-refractivity contribution in [3.8, 4) is 22.6 Å². The standard InChI is InChI=1S/C24H22FN3O4/c1-14(29)26-12-19-13-28(24(30)31-19)18-8-9-20-15(11-18)4-3-7-21-22(27-32-23(20)21)16-5-2-6-17(25)10-16/h2,5-6,8-11,19H,3-4,7,12-13H2,1H3,(H,26,29). The fourth-order valence-electron chi connectivity index (χ4n) is 4.34. The topological polar surface area (TPSA) is 84.7 Å². The van der Waals surface area contributed by atoms with Crippen molar-refractivity contribution in [3.63, 3.8) is 0 Å². The van der Waals surface area contributed by atoms with Gasteiger partial charge in [-0.2, -0.15) is 0 Å². The second kappa shape index (κ2) is 8.11. The van der Waals surface area contributed by atoms with E-state index in [0.717, 1.165) is 41.6 Å². The van der Waals surface area contributed by atoms with Crippen LogP contribution < -0.4 is 10.2 Å². The van der Waals surface area contributed by atoms with Gasteiger partial charge in [-0.3, -0.25) is 9.69 Å². The van der Waals surface area contributed by atoms with E-state index in [1.165, 1.54) is 19.1 Å². The highest BCUT2D eigenvalue weighted by Crippen LogP contribution is 2.39. The van der Waals surface area contributed by atoms with Crippen LogP contribution in [0.2, 0.25) is 0 Å². The lowest BCUT2D eigenvalue weighted by Gasteiger charge is -2.15. The minimum atomic E-state index is -0.428. The van der Waals surface area contributed by atoms with Crippen molar-refractivity contribution in [2.75, 3.05) is 18.0 Å². The lowest BCUT2D eigenvalue weighted by Crippen LogP contribution is -2.33. The molecule has 2 amide bonds. The Bertz CT molecular complexity index is 1210. The van der Waals surface area contributed by atoms with Crippen LogP contribution in [-0.2, 0) is 22.4 Å². The molecular formula is C24H22FN3O4. The number of hydrogen-bond donors (Lipinski definition) is 1. The first-order chi connectivity index (χ1) is 15.5. The molecule has 2 heterocycles. The highest BCUT2D eigenvalue weighted by molar-refractivity contribution is 5.90. The molecule has 1 aliphatic heterocycles. The van der Waals surface area contributed by atoms with Crippen LogP contribution in [0, 0.1) is 5.82 Å². The fraction of sp³-hybridized carbons (Fsp3) is 0.292. The molecule has 0 bridgehead atoms. The lowest BCUT2D eigenvalue weighted by molar-refractivity contribution is -0.119. The van der Waals surface area contributed by atoms with Gasteiger partial charge in [0.1, 0.15) is 17.6 Å². The molecule has 0 saturated carbocycles. The molecule has 3 aromatic rings. The van der Waals surface area contributed by atoms with E-state index in [9.17, 15) is 14.0 Å². The van der Waals surface area contributed by atoms with Crippen molar-refractivity contribution >= 4 is 17.7 Å². The van der Waals surface area contributed by atoms with Crippen LogP contribution in [0.1, 0.15) is 24.5 Å². The number of carbonyl (C=O) groups excluding carboxylic acids is 2. The van der Waals surface area contributed by atoms with Gasteiger partial charge in [0.25, 0.3) is 0 Å². The van der Waals surface area contributed by atoms with Crippen LogP contribution in [0.15, 0.2) is 47.0 Å². The molecular weight excluding hydrogens is 413 g/mol. The Morgan fingerprint density at radius 1 is 1.25 bits per heavy atom. The normalized spacial score (nSPS) is 17.4. The molecule has 32 heavy (non-hydrogen) atoms. The van der Waals surface area contributed by atoms with Crippen molar-refractivity contribution in [1.82, 2.24) is 10.5 Å². The molecule has 164 valence electrons. The number of anilines is 1. The Hall–Kier alpha value is -3.68. The van der Waals surface area contributed by atoms with E-state index in [1.807, 2.05) is 24.3 Å². The number of nitrogens with zero attached hydrogens (tertiary/aromatic N) is 2. The maximum Gasteiger partial charge on any atom is 0.414 e. The van der Waals surface area contributed by atoms with Crippen molar-refractivity contribution in [2.45, 2.75) is 32.3 Å². The molecule has 1 saturated heterocycles. The van der Waals surface area contributed by atoms with Gasteiger partial charge in [0.15, 0.2) is 5.76 Å². The van der Waals surface area contributed by atoms with Crippen LogP contribution in [-0.4, -0.2) is 36.4 Å². The number of fused-ring (bicyclic) bond motifs is 3. The average Bonchev–Trinajstić information content (AvgIpc) is 3.31. The number of halogens is 1. The summed E-state index contributed by atoms with van der Waals surface area (Å²) in [6.45, 7) is 2.08. The smallest absolute Gasteiger partial charge is 0.414 e. The number of carbonyl (C=O) groups is 2. The average molecular weight is 435 g/mol. The monoisotopic (exact) mass is 435 g/mol. The number of benzene rings is 2. The Kier molecular flexibility index (Phi) is 5.13. The molecule has 0 spiro atoms. The second-order valence-corrected chi connectivity index (χ2v) is 8.10. The molecule has 8 heteroatoms. The molecule has 2 aromatic carbocycles. The van der Waals surface area contributed by atoms with Crippen molar-refractivity contribution in [2.24, 2.45) is 0 Å². The molecule has 5 rings (SSSR count). The number of aromatic nitrogens is 1. The number of aryl methyl sites for hydroxylation is 1. The van der Waals surface area contributed by atoms with Crippen molar-refractivity contribution < 1.29 is 23.2 Å². The summed E-state index contributed by atoms with van der Waals surface area (Å²) in [5.41, 5.74) is 5.06. The van der Waals surface area contributed by atoms with Gasteiger partial charge >= 0.3 is 6.09 Å². The molecule has 7 nitrogen and oxygen atoms in total. The first kappa shape index (κ1) is 20.2. The first-order valence-corrected chi connectivity index (χ1v) is 10.6. The SMILES string of the molecule is CC(=O)NCC1CN(c2ccc3c(c2)CCCc2c(-c4cccc(F)c4)noc2-3)C(=O)O1. The van der Waals surface area contributed by atoms with Crippen LogP contribution in [0.4, 0.5) is 14.9 Å².